The zero-order valence-electron chi connectivity index (χ0n) is 17.7. The minimum atomic E-state index is -3.69. The smallest absolute Gasteiger partial charge is 0.243 e. The number of carbonyl (C=O) groups excluding carboxylic acids is 1. The van der Waals surface area contributed by atoms with E-state index < -0.39 is 10.0 Å². The van der Waals surface area contributed by atoms with Gasteiger partial charge in [-0.2, -0.15) is 4.31 Å². The van der Waals surface area contributed by atoms with Gasteiger partial charge in [0, 0.05) is 12.1 Å². The molecule has 162 valence electrons. The number of carbonyl (C=O) groups is 1. The van der Waals surface area contributed by atoms with Gasteiger partial charge in [-0.15, -0.1) is 0 Å². The Hall–Kier alpha value is -1.40. The van der Waals surface area contributed by atoms with Gasteiger partial charge in [-0.25, -0.2) is 8.42 Å². The van der Waals surface area contributed by atoms with Crippen LogP contribution in [-0.4, -0.2) is 37.3 Å². The summed E-state index contributed by atoms with van der Waals surface area (Å²) in [5.74, 6) is -0.156. The Morgan fingerprint density at radius 1 is 0.897 bits per heavy atom. The lowest BCUT2D eigenvalue weighted by atomic mass is 9.95. The summed E-state index contributed by atoms with van der Waals surface area (Å²) in [6, 6.07) is 7.05. The highest BCUT2D eigenvalue weighted by Gasteiger charge is 2.34. The molecule has 1 aromatic rings. The first-order valence-electron chi connectivity index (χ1n) is 11.3. The average molecular weight is 421 g/mol. The predicted octanol–water partition coefficient (Wildman–Crippen LogP) is 4.55. The van der Waals surface area contributed by atoms with Crippen LogP contribution in [0.2, 0.25) is 0 Å². The third-order valence-electron chi connectivity index (χ3n) is 6.38. The molecule has 1 amide bonds. The van der Waals surface area contributed by atoms with E-state index in [0.717, 1.165) is 63.4 Å². The normalized spacial score (nSPS) is 20.2. The van der Waals surface area contributed by atoms with Crippen LogP contribution in [0.1, 0.15) is 82.6 Å². The number of rotatable bonds is 6. The van der Waals surface area contributed by atoms with Gasteiger partial charge in [-0.05, 0) is 44.7 Å². The average Bonchev–Trinajstić information content (AvgIpc) is 2.69. The molecule has 1 aromatic carbocycles. The van der Waals surface area contributed by atoms with Crippen LogP contribution in [-0.2, 0) is 14.8 Å². The van der Waals surface area contributed by atoms with Crippen molar-refractivity contribution in [3.8, 4) is 0 Å². The molecule has 0 aliphatic heterocycles. The standard InChI is InChI=1S/C23H36N2O3S/c1-19-14-16-22(17-15-19)29(27,28)25(21-12-8-5-9-13-21)18-23(26)24-20-10-6-3-2-4-7-11-20/h14-17,20-21H,2-13,18H2,1H3,(H,24,26). The molecule has 0 atom stereocenters. The second kappa shape index (κ2) is 10.6. The van der Waals surface area contributed by atoms with Crippen LogP contribution in [0.5, 0.6) is 0 Å². The molecule has 0 radical (unpaired) electrons. The fraction of sp³-hybridized carbons (Fsp3) is 0.696. The first kappa shape index (κ1) is 22.3. The van der Waals surface area contributed by atoms with E-state index in [9.17, 15) is 13.2 Å². The number of aryl methyl sites for hydroxylation is 1. The molecule has 2 fully saturated rings. The number of nitrogens with zero attached hydrogens (tertiary/aromatic N) is 1. The fourth-order valence-corrected chi connectivity index (χ4v) is 6.28. The van der Waals surface area contributed by atoms with Gasteiger partial charge in [0.2, 0.25) is 15.9 Å². The van der Waals surface area contributed by atoms with Gasteiger partial charge in [0.15, 0.2) is 0 Å². The molecule has 29 heavy (non-hydrogen) atoms. The lowest BCUT2D eigenvalue weighted by Gasteiger charge is -2.33. The van der Waals surface area contributed by atoms with Crippen molar-refractivity contribution in [2.24, 2.45) is 0 Å². The zero-order valence-corrected chi connectivity index (χ0v) is 18.6. The van der Waals surface area contributed by atoms with Gasteiger partial charge < -0.3 is 5.32 Å². The Labute approximate surface area is 176 Å². The van der Waals surface area contributed by atoms with Crippen molar-refractivity contribution in [3.63, 3.8) is 0 Å². The fourth-order valence-electron chi connectivity index (χ4n) is 4.64. The Morgan fingerprint density at radius 2 is 1.41 bits per heavy atom. The van der Waals surface area contributed by atoms with Gasteiger partial charge in [0.1, 0.15) is 0 Å². The predicted molar refractivity (Wildman–Crippen MR) is 116 cm³/mol. The number of hydrogen-bond acceptors (Lipinski definition) is 3. The third kappa shape index (κ3) is 6.29. The second-order valence-electron chi connectivity index (χ2n) is 8.76. The lowest BCUT2D eigenvalue weighted by Crippen LogP contribution is -2.48. The van der Waals surface area contributed by atoms with Crippen molar-refractivity contribution in [1.29, 1.82) is 0 Å². The van der Waals surface area contributed by atoms with E-state index >= 15 is 0 Å². The molecule has 2 aliphatic carbocycles. The summed E-state index contributed by atoms with van der Waals surface area (Å²) >= 11 is 0. The number of benzene rings is 1. The summed E-state index contributed by atoms with van der Waals surface area (Å²) in [6.07, 6.45) is 12.9. The molecule has 6 heteroatoms. The second-order valence-corrected chi connectivity index (χ2v) is 10.7. The molecule has 0 unspecified atom stereocenters. The molecular formula is C23H36N2O3S. The van der Waals surface area contributed by atoms with Crippen LogP contribution >= 0.6 is 0 Å². The summed E-state index contributed by atoms with van der Waals surface area (Å²) in [4.78, 5) is 13.2. The van der Waals surface area contributed by atoms with Crippen molar-refractivity contribution < 1.29 is 13.2 Å². The molecule has 2 aliphatic rings. The maximum Gasteiger partial charge on any atom is 0.243 e. The van der Waals surface area contributed by atoms with Crippen LogP contribution in [0.3, 0.4) is 0 Å². The molecule has 2 saturated carbocycles. The van der Waals surface area contributed by atoms with E-state index in [1.807, 2.05) is 19.1 Å². The minimum Gasteiger partial charge on any atom is -0.352 e. The highest BCUT2D eigenvalue weighted by atomic mass is 32.2. The first-order chi connectivity index (χ1) is 14.0. The topological polar surface area (TPSA) is 66.5 Å². The summed E-state index contributed by atoms with van der Waals surface area (Å²) < 4.78 is 28.3. The van der Waals surface area contributed by atoms with Crippen LogP contribution < -0.4 is 5.32 Å². The Bertz CT molecular complexity index is 747. The summed E-state index contributed by atoms with van der Waals surface area (Å²) in [5.41, 5.74) is 1.02. The highest BCUT2D eigenvalue weighted by molar-refractivity contribution is 7.89. The van der Waals surface area contributed by atoms with E-state index in [2.05, 4.69) is 5.32 Å². The summed E-state index contributed by atoms with van der Waals surface area (Å²) in [5, 5.41) is 3.14. The monoisotopic (exact) mass is 420 g/mol. The molecule has 3 rings (SSSR count). The van der Waals surface area contributed by atoms with Gasteiger partial charge >= 0.3 is 0 Å². The number of nitrogens with one attached hydrogen (secondary N) is 1. The molecule has 0 saturated heterocycles. The summed E-state index contributed by atoms with van der Waals surface area (Å²) in [6.45, 7) is 1.87. The molecule has 1 N–H and O–H groups in total. The molecular weight excluding hydrogens is 384 g/mol. The minimum absolute atomic E-state index is 0.0720. The molecule has 0 aromatic heterocycles. The molecule has 5 nitrogen and oxygen atoms in total. The molecule has 0 heterocycles. The van der Waals surface area contributed by atoms with E-state index in [1.54, 1.807) is 12.1 Å². The third-order valence-corrected chi connectivity index (χ3v) is 8.29. The maximum absolute atomic E-state index is 13.4. The van der Waals surface area contributed by atoms with Crippen molar-refractivity contribution >= 4 is 15.9 Å². The van der Waals surface area contributed by atoms with Crippen LogP contribution in [0.25, 0.3) is 0 Å². The van der Waals surface area contributed by atoms with Gasteiger partial charge in [-0.1, -0.05) is 69.1 Å². The molecule has 0 spiro atoms. The van der Waals surface area contributed by atoms with Gasteiger partial charge in [0.25, 0.3) is 0 Å². The SMILES string of the molecule is Cc1ccc(S(=O)(=O)N(CC(=O)NC2CCCCCCC2)C2CCCCC2)cc1. The first-order valence-corrected chi connectivity index (χ1v) is 12.8. The number of hydrogen-bond donors (Lipinski definition) is 1. The van der Waals surface area contributed by atoms with Crippen LogP contribution in [0.15, 0.2) is 29.2 Å². The van der Waals surface area contributed by atoms with E-state index in [1.165, 1.54) is 23.6 Å². The van der Waals surface area contributed by atoms with Crippen molar-refractivity contribution in [2.75, 3.05) is 6.54 Å². The Kier molecular flexibility index (Phi) is 8.13. The Morgan fingerprint density at radius 3 is 2.03 bits per heavy atom. The van der Waals surface area contributed by atoms with Crippen molar-refractivity contribution in [1.82, 2.24) is 9.62 Å². The Balaban J connectivity index is 1.74. The number of amides is 1. The molecule has 0 bridgehead atoms. The highest BCUT2D eigenvalue weighted by Crippen LogP contribution is 2.28. The van der Waals surface area contributed by atoms with E-state index in [0.29, 0.717) is 0 Å². The van der Waals surface area contributed by atoms with Gasteiger partial charge in [-0.3, -0.25) is 4.79 Å². The maximum atomic E-state index is 13.4. The van der Waals surface area contributed by atoms with Crippen molar-refractivity contribution in [2.45, 2.75) is 101 Å². The quantitative estimate of drug-likeness (QED) is 0.734. The van der Waals surface area contributed by atoms with E-state index in [-0.39, 0.29) is 29.4 Å². The summed E-state index contributed by atoms with van der Waals surface area (Å²) in [7, 11) is -3.69. The zero-order chi connectivity index (χ0) is 20.7. The lowest BCUT2D eigenvalue weighted by molar-refractivity contribution is -0.122. The van der Waals surface area contributed by atoms with E-state index in [4.69, 9.17) is 0 Å². The van der Waals surface area contributed by atoms with Crippen molar-refractivity contribution in [3.05, 3.63) is 29.8 Å². The van der Waals surface area contributed by atoms with Crippen LogP contribution in [0, 0.1) is 6.92 Å². The number of sulfonamides is 1. The van der Waals surface area contributed by atoms with Crippen LogP contribution in [0.4, 0.5) is 0 Å². The largest absolute Gasteiger partial charge is 0.352 e. The van der Waals surface area contributed by atoms with Gasteiger partial charge in [0.05, 0.1) is 11.4 Å².